The van der Waals surface area contributed by atoms with Crippen LogP contribution in [0.4, 0.5) is 11.4 Å². The minimum absolute atomic E-state index is 0. The molecular weight excluding hydrogens is 742 g/mol. The van der Waals surface area contributed by atoms with E-state index in [2.05, 4.69) is 24.2 Å². The van der Waals surface area contributed by atoms with Crippen LogP contribution in [0.1, 0.15) is 72.4 Å². The molecule has 2 aromatic carbocycles. The van der Waals surface area contributed by atoms with E-state index in [-0.39, 0.29) is 42.1 Å². The Kier molecular flexibility index (Phi) is 21.4. The summed E-state index contributed by atoms with van der Waals surface area (Å²) in [7, 11) is 1.62. The minimum atomic E-state index is -0.893. The fourth-order valence-corrected chi connectivity index (χ4v) is 3.45. The van der Waals surface area contributed by atoms with Crippen LogP contribution in [0.2, 0.25) is 5.02 Å². The molecule has 0 heterocycles. The Labute approximate surface area is 262 Å². The fourth-order valence-electron chi connectivity index (χ4n) is 3.17. The van der Waals surface area contributed by atoms with Gasteiger partial charge in [-0.1, -0.05) is 66.5 Å². The van der Waals surface area contributed by atoms with Crippen LogP contribution in [0.25, 0.3) is 5.41 Å². The number of amides is 2. The Morgan fingerprint density at radius 2 is 1.79 bits per heavy atom. The van der Waals surface area contributed by atoms with E-state index in [0.717, 1.165) is 29.7 Å². The Bertz CT molecular complexity index is 1090. The van der Waals surface area contributed by atoms with E-state index in [1.54, 1.807) is 18.5 Å². The van der Waals surface area contributed by atoms with Gasteiger partial charge in [-0.15, -0.1) is 0 Å². The van der Waals surface area contributed by atoms with Crippen molar-refractivity contribution in [3.05, 3.63) is 51.9 Å². The molecule has 0 saturated carbocycles. The molecule has 0 aliphatic rings. The summed E-state index contributed by atoms with van der Waals surface area (Å²) in [5.41, 5.74) is 2.83. The van der Waals surface area contributed by atoms with Gasteiger partial charge < -0.3 is 30.3 Å². The Balaban J connectivity index is 0. The number of hydrogen-bond donors (Lipinski definition) is 2. The van der Waals surface area contributed by atoms with Crippen molar-refractivity contribution >= 4 is 47.0 Å². The van der Waals surface area contributed by atoms with Crippen molar-refractivity contribution in [1.82, 2.24) is 5.32 Å². The van der Waals surface area contributed by atoms with Gasteiger partial charge in [-0.3, -0.25) is 4.79 Å². The zero-order valence-electron chi connectivity index (χ0n) is 24.5. The van der Waals surface area contributed by atoms with Crippen molar-refractivity contribution in [1.29, 1.82) is 0 Å². The predicted octanol–water partition coefficient (Wildman–Crippen LogP) is 7.73. The van der Waals surface area contributed by atoms with Crippen LogP contribution in [0, 0.1) is 44.0 Å². The van der Waals surface area contributed by atoms with Gasteiger partial charge in [-0.05, 0) is 67.6 Å². The number of rotatable bonds is 9. The normalized spacial score (nSPS) is 10.8. The van der Waals surface area contributed by atoms with Crippen molar-refractivity contribution in [2.45, 2.75) is 74.7 Å². The number of nitrogens with one attached hydrogen (secondary N) is 2. The summed E-state index contributed by atoms with van der Waals surface area (Å²) in [6, 6.07) is 8.77. The molecule has 0 aromatic heterocycles. The van der Waals surface area contributed by atoms with Crippen LogP contribution >= 0.6 is 11.6 Å². The summed E-state index contributed by atoms with van der Waals surface area (Å²) in [5.74, 6) is 0.187. The number of nitrogens with zero attached hydrogens (tertiary/aromatic N) is 2. The monoisotopic (exact) mass is 782 g/mol. The largest absolute Gasteiger partial charge is 2.00 e. The molecule has 0 aliphatic heterocycles. The maximum absolute atomic E-state index is 12.0. The summed E-state index contributed by atoms with van der Waals surface area (Å²) in [5, 5.41) is 14.0. The van der Waals surface area contributed by atoms with E-state index < -0.39 is 11.7 Å². The van der Waals surface area contributed by atoms with E-state index in [0.29, 0.717) is 29.5 Å². The molecule has 0 aliphatic carbocycles. The molecule has 2 aromatic rings. The van der Waals surface area contributed by atoms with Gasteiger partial charge in [0.25, 0.3) is 0 Å². The van der Waals surface area contributed by atoms with Gasteiger partial charge in [0.15, 0.2) is 11.8 Å². The van der Waals surface area contributed by atoms with Crippen LogP contribution in [-0.4, -0.2) is 31.2 Å². The van der Waals surface area contributed by atoms with Crippen LogP contribution in [0.5, 0.6) is 11.5 Å². The van der Waals surface area contributed by atoms with Crippen LogP contribution in [0.15, 0.2) is 35.3 Å². The molecule has 2 N–H and O–H groups in total. The van der Waals surface area contributed by atoms with Gasteiger partial charge >= 0.3 is 31.1 Å². The number of aliphatic imine (C=N–C) groups is 1. The number of carbonyl (C=O) groups is 1. The smallest absolute Gasteiger partial charge is 0.586 e. The zero-order valence-corrected chi connectivity index (χ0v) is 29.4. The molecule has 10 heteroatoms. The van der Waals surface area contributed by atoms with Crippen molar-refractivity contribution in [3.8, 4) is 11.5 Å². The van der Waals surface area contributed by atoms with E-state index in [4.69, 9.17) is 21.1 Å². The van der Waals surface area contributed by atoms with Crippen molar-refractivity contribution < 1.29 is 50.2 Å². The topological polar surface area (TPSA) is 111 Å². The van der Waals surface area contributed by atoms with Gasteiger partial charge in [0.1, 0.15) is 11.5 Å². The average molecular weight is 783 g/mol. The Morgan fingerprint density at radius 3 is 2.31 bits per heavy atom. The minimum Gasteiger partial charge on any atom is -0.586 e. The molecule has 0 radical (unpaired) electrons. The van der Waals surface area contributed by atoms with E-state index >= 15 is 0 Å². The number of hydrogen-bond acceptors (Lipinski definition) is 5. The van der Waals surface area contributed by atoms with Crippen molar-refractivity contribution in [2.24, 2.45) is 10.9 Å². The number of benzene rings is 2. The van der Waals surface area contributed by atoms with Gasteiger partial charge in [-0.2, -0.15) is 5.84 Å². The zero-order chi connectivity index (χ0) is 29.3. The number of amidine groups is 1. The third-order valence-corrected chi connectivity index (χ3v) is 5.42. The van der Waals surface area contributed by atoms with Gasteiger partial charge in [0, 0.05) is 11.6 Å². The summed E-state index contributed by atoms with van der Waals surface area (Å²) >= 11 is 6.49. The average Bonchev–Trinajstić information content (AvgIpc) is 2.92. The fraction of sp³-hybridized carbons (Fsp3) is 0.448. The SMILES string of the molecule is CC.CC.CCCc1cc(NC(=O)C(=[N-])N[C-]=O)cc(Cl)c1Oc1ccc(N=C(OC)C(C)CC)c(C)c1.[U+2]. The summed E-state index contributed by atoms with van der Waals surface area (Å²) in [6.45, 7) is 16.1. The summed E-state index contributed by atoms with van der Waals surface area (Å²) in [6.07, 6.45) is 3.61. The number of aryl methyl sites for hydroxylation is 2. The Morgan fingerprint density at radius 1 is 1.15 bits per heavy atom. The van der Waals surface area contributed by atoms with Gasteiger partial charge in [0.2, 0.25) is 0 Å². The molecule has 0 spiro atoms. The second-order valence-electron chi connectivity index (χ2n) is 7.74. The maximum atomic E-state index is 12.0. The van der Waals surface area contributed by atoms with Crippen LogP contribution < -0.4 is 15.4 Å². The summed E-state index contributed by atoms with van der Waals surface area (Å²) in [4.78, 5) is 26.9. The molecular formula is C29H41ClN4O4U. The third kappa shape index (κ3) is 12.6. The number of carbonyl (C=O) groups excluding carboxylic acids is 2. The number of methoxy groups -OCH3 is 1. The third-order valence-electron chi connectivity index (χ3n) is 5.14. The number of halogens is 1. The molecule has 2 amide bonds. The quantitative estimate of drug-likeness (QED) is 0.117. The summed E-state index contributed by atoms with van der Waals surface area (Å²) < 4.78 is 11.6. The molecule has 1 unspecified atom stereocenters. The second kappa shape index (κ2) is 21.5. The maximum Gasteiger partial charge on any atom is 2.00 e. The first-order valence-corrected chi connectivity index (χ1v) is 13.4. The molecule has 0 saturated heterocycles. The molecule has 212 valence electrons. The number of anilines is 1. The van der Waals surface area contributed by atoms with Gasteiger partial charge in [0.05, 0.1) is 17.8 Å². The molecule has 0 fully saturated rings. The standard InChI is InChI=1S/C25H29ClN4O4.2C2H6.U/c1-6-8-17-12-18(29-24(32)23(27)28-14-31)13-20(26)22(17)34-19-9-10-21(16(4)11-19)30-25(33-5)15(3)7-2;2*1-2;/h9-13,15H,6-8H2,1-5H3,(H2-,27,28,29,31,32);2*1-2H3;/q-2;;;+2. The Hall–Kier alpha value is -2.34. The van der Waals surface area contributed by atoms with E-state index in [1.807, 2.05) is 59.7 Å². The predicted molar refractivity (Wildman–Crippen MR) is 159 cm³/mol. The van der Waals surface area contributed by atoms with Crippen LogP contribution in [-0.2, 0) is 20.7 Å². The molecule has 2 rings (SSSR count). The van der Waals surface area contributed by atoms with Gasteiger partial charge in [-0.25, -0.2) is 4.99 Å². The van der Waals surface area contributed by atoms with Crippen LogP contribution in [0.3, 0.4) is 0 Å². The molecule has 1 atom stereocenters. The van der Waals surface area contributed by atoms with Crippen molar-refractivity contribution in [2.75, 3.05) is 12.4 Å². The number of ether oxygens (including phenoxy) is 2. The second-order valence-corrected chi connectivity index (χ2v) is 8.15. The van der Waals surface area contributed by atoms with Crippen molar-refractivity contribution in [3.63, 3.8) is 0 Å². The van der Waals surface area contributed by atoms with E-state index in [9.17, 15) is 15.0 Å². The first-order chi connectivity index (χ1) is 18.2. The first kappa shape index (κ1) is 38.8. The van der Waals surface area contributed by atoms with E-state index in [1.165, 1.54) is 12.5 Å². The molecule has 8 nitrogen and oxygen atoms in total. The molecule has 39 heavy (non-hydrogen) atoms. The first-order valence-electron chi connectivity index (χ1n) is 13.0. The molecule has 0 bridgehead atoms.